The topological polar surface area (TPSA) is 40.5 Å². The van der Waals surface area contributed by atoms with E-state index >= 15 is 0 Å². The molecule has 2 N–H and O–H groups in total. The van der Waals surface area contributed by atoms with Crippen molar-refractivity contribution in [1.29, 1.82) is 0 Å². The first-order valence-electron chi connectivity index (χ1n) is 4.11. The van der Waals surface area contributed by atoms with Crippen molar-refractivity contribution < 1.29 is 10.2 Å². The molecule has 0 spiro atoms. The average molecular weight is 186 g/mol. The van der Waals surface area contributed by atoms with Crippen LogP contribution in [0.15, 0.2) is 16.8 Å². The van der Waals surface area contributed by atoms with Crippen LogP contribution in [0.2, 0.25) is 0 Å². The molecule has 3 heteroatoms. The molecule has 0 radical (unpaired) electrons. The summed E-state index contributed by atoms with van der Waals surface area (Å²) in [5, 5.41) is 22.7. The Morgan fingerprint density at radius 1 is 1.42 bits per heavy atom. The van der Waals surface area contributed by atoms with Gasteiger partial charge in [0.15, 0.2) is 0 Å². The average Bonchev–Trinajstić information content (AvgIpc) is 2.55. The van der Waals surface area contributed by atoms with Gasteiger partial charge in [0.1, 0.15) is 0 Å². The Balaban J connectivity index is 2.41. The van der Waals surface area contributed by atoms with Gasteiger partial charge < -0.3 is 10.2 Å². The maximum atomic E-state index is 9.44. The molecule has 0 aliphatic heterocycles. The number of hydrogen-bond donors (Lipinski definition) is 2. The number of thiophene rings is 1. The fraction of sp³-hybridized carbons (Fsp3) is 0.556. The van der Waals surface area contributed by atoms with Crippen LogP contribution < -0.4 is 0 Å². The second-order valence-electron chi connectivity index (χ2n) is 2.88. The Morgan fingerprint density at radius 2 is 2.17 bits per heavy atom. The molecule has 12 heavy (non-hydrogen) atoms. The Kier molecular flexibility index (Phi) is 3.72. The number of aliphatic hydroxyl groups is 2. The van der Waals surface area contributed by atoms with Crippen LogP contribution in [0, 0.1) is 0 Å². The number of hydrogen-bond acceptors (Lipinski definition) is 3. The van der Waals surface area contributed by atoms with E-state index in [1.54, 1.807) is 11.3 Å². The van der Waals surface area contributed by atoms with Gasteiger partial charge in [-0.15, -0.1) is 0 Å². The summed E-state index contributed by atoms with van der Waals surface area (Å²) in [6, 6.07) is 1.97. The van der Waals surface area contributed by atoms with Crippen LogP contribution in [0.1, 0.15) is 18.9 Å². The molecule has 68 valence electrons. The lowest BCUT2D eigenvalue weighted by Gasteiger charge is -2.14. The molecule has 0 fully saturated rings. The third kappa shape index (κ3) is 2.59. The monoisotopic (exact) mass is 186 g/mol. The van der Waals surface area contributed by atoms with Gasteiger partial charge in [0.05, 0.1) is 12.2 Å². The van der Waals surface area contributed by atoms with Gasteiger partial charge in [-0.1, -0.05) is 6.92 Å². The molecule has 0 aromatic carbocycles. The van der Waals surface area contributed by atoms with E-state index in [1.807, 2.05) is 23.8 Å². The Morgan fingerprint density at radius 3 is 2.67 bits per heavy atom. The summed E-state index contributed by atoms with van der Waals surface area (Å²) in [4.78, 5) is 0. The molecule has 0 saturated carbocycles. The summed E-state index contributed by atoms with van der Waals surface area (Å²) in [6.07, 6.45) is -0.0569. The summed E-state index contributed by atoms with van der Waals surface area (Å²) in [7, 11) is 0. The maximum absolute atomic E-state index is 9.44. The molecule has 0 amide bonds. The highest BCUT2D eigenvalue weighted by Gasteiger charge is 2.14. The lowest BCUT2D eigenvalue weighted by atomic mass is 10.1. The molecule has 2 unspecified atom stereocenters. The highest BCUT2D eigenvalue weighted by Crippen LogP contribution is 2.11. The first-order valence-corrected chi connectivity index (χ1v) is 5.05. The van der Waals surface area contributed by atoms with Crippen LogP contribution >= 0.6 is 11.3 Å². The van der Waals surface area contributed by atoms with Crippen molar-refractivity contribution in [3.05, 3.63) is 22.4 Å². The van der Waals surface area contributed by atoms with Crippen molar-refractivity contribution >= 4 is 11.3 Å². The highest BCUT2D eigenvalue weighted by atomic mass is 32.1. The molecule has 0 aliphatic rings. The zero-order valence-electron chi connectivity index (χ0n) is 7.10. The van der Waals surface area contributed by atoms with E-state index in [1.165, 1.54) is 0 Å². The fourth-order valence-electron chi connectivity index (χ4n) is 1.06. The minimum Gasteiger partial charge on any atom is -0.390 e. The molecule has 0 aliphatic carbocycles. The largest absolute Gasteiger partial charge is 0.390 e. The number of rotatable bonds is 4. The summed E-state index contributed by atoms with van der Waals surface area (Å²) in [6.45, 7) is 1.86. The number of aliphatic hydroxyl groups excluding tert-OH is 2. The molecule has 1 aromatic rings. The summed E-state index contributed by atoms with van der Waals surface area (Å²) in [5.41, 5.74) is 1.10. The standard InChI is InChI=1S/C9H14O2S/c1-2-8(10)9(11)5-7-3-4-12-6-7/h3-4,6,8-11H,2,5H2,1H3. The van der Waals surface area contributed by atoms with Crippen molar-refractivity contribution in [1.82, 2.24) is 0 Å². The van der Waals surface area contributed by atoms with Gasteiger partial charge >= 0.3 is 0 Å². The third-order valence-electron chi connectivity index (χ3n) is 1.89. The minimum absolute atomic E-state index is 0.554. The van der Waals surface area contributed by atoms with Gasteiger partial charge in [-0.05, 0) is 28.8 Å². The first kappa shape index (κ1) is 9.71. The predicted molar refractivity (Wildman–Crippen MR) is 50.3 cm³/mol. The van der Waals surface area contributed by atoms with Crippen LogP contribution in [0.5, 0.6) is 0 Å². The maximum Gasteiger partial charge on any atom is 0.0839 e. The van der Waals surface area contributed by atoms with Gasteiger partial charge in [-0.2, -0.15) is 11.3 Å². The molecule has 1 aromatic heterocycles. The van der Waals surface area contributed by atoms with E-state index in [-0.39, 0.29) is 0 Å². The van der Waals surface area contributed by atoms with Gasteiger partial charge in [-0.25, -0.2) is 0 Å². The van der Waals surface area contributed by atoms with Crippen molar-refractivity contribution in [2.24, 2.45) is 0 Å². The van der Waals surface area contributed by atoms with Crippen LogP contribution in [0.4, 0.5) is 0 Å². The first-order chi connectivity index (χ1) is 5.74. The second kappa shape index (κ2) is 4.60. The zero-order chi connectivity index (χ0) is 8.97. The van der Waals surface area contributed by atoms with E-state index in [2.05, 4.69) is 0 Å². The van der Waals surface area contributed by atoms with Crippen molar-refractivity contribution in [3.63, 3.8) is 0 Å². The van der Waals surface area contributed by atoms with Crippen LogP contribution in [-0.4, -0.2) is 22.4 Å². The van der Waals surface area contributed by atoms with Gasteiger partial charge in [-0.3, -0.25) is 0 Å². The summed E-state index contributed by atoms with van der Waals surface area (Å²) >= 11 is 1.61. The lowest BCUT2D eigenvalue weighted by Crippen LogP contribution is -2.26. The van der Waals surface area contributed by atoms with Crippen LogP contribution in [0.25, 0.3) is 0 Å². The lowest BCUT2D eigenvalue weighted by molar-refractivity contribution is 0.0182. The van der Waals surface area contributed by atoms with Crippen molar-refractivity contribution in [2.75, 3.05) is 0 Å². The molecule has 0 saturated heterocycles. The van der Waals surface area contributed by atoms with Crippen molar-refractivity contribution in [2.45, 2.75) is 32.0 Å². The predicted octanol–water partition coefficient (Wildman–Crippen LogP) is 1.42. The van der Waals surface area contributed by atoms with E-state index in [0.29, 0.717) is 12.8 Å². The zero-order valence-corrected chi connectivity index (χ0v) is 7.92. The highest BCUT2D eigenvalue weighted by molar-refractivity contribution is 7.07. The molecule has 2 nitrogen and oxygen atoms in total. The molecular formula is C9H14O2S. The third-order valence-corrected chi connectivity index (χ3v) is 2.62. The Hall–Kier alpha value is -0.380. The summed E-state index contributed by atoms with van der Waals surface area (Å²) in [5.74, 6) is 0. The fourth-order valence-corrected chi connectivity index (χ4v) is 1.74. The van der Waals surface area contributed by atoms with Crippen LogP contribution in [-0.2, 0) is 6.42 Å². The second-order valence-corrected chi connectivity index (χ2v) is 3.66. The Bertz CT molecular complexity index is 208. The van der Waals surface area contributed by atoms with Gasteiger partial charge in [0.2, 0.25) is 0 Å². The smallest absolute Gasteiger partial charge is 0.0839 e. The van der Waals surface area contributed by atoms with E-state index in [9.17, 15) is 10.2 Å². The van der Waals surface area contributed by atoms with E-state index in [0.717, 1.165) is 5.56 Å². The SMILES string of the molecule is CCC(O)C(O)Cc1ccsc1. The normalized spacial score (nSPS) is 15.9. The molecule has 1 rings (SSSR count). The van der Waals surface area contributed by atoms with Gasteiger partial charge in [0, 0.05) is 6.42 Å². The molecule has 2 atom stereocenters. The van der Waals surface area contributed by atoms with Gasteiger partial charge in [0.25, 0.3) is 0 Å². The van der Waals surface area contributed by atoms with Crippen LogP contribution in [0.3, 0.4) is 0 Å². The minimum atomic E-state index is -0.621. The quantitative estimate of drug-likeness (QED) is 0.746. The summed E-state index contributed by atoms with van der Waals surface area (Å²) < 4.78 is 0. The van der Waals surface area contributed by atoms with E-state index < -0.39 is 12.2 Å². The molecule has 1 heterocycles. The molecular weight excluding hydrogens is 172 g/mol. The molecule has 0 bridgehead atoms. The Labute approximate surface area is 76.5 Å². The van der Waals surface area contributed by atoms with Crippen molar-refractivity contribution in [3.8, 4) is 0 Å². The van der Waals surface area contributed by atoms with E-state index in [4.69, 9.17) is 0 Å².